The number of nitrogens with one attached hydrogen (secondary N) is 1. The monoisotopic (exact) mass is 473 g/mol. The molecule has 0 aliphatic heterocycles. The van der Waals surface area contributed by atoms with E-state index in [1.54, 1.807) is 54.6 Å². The average Bonchev–Trinajstić information content (AvgIpc) is 3.34. The van der Waals surface area contributed by atoms with Crippen molar-refractivity contribution < 1.29 is 27.1 Å². The van der Waals surface area contributed by atoms with Crippen LogP contribution in [-0.4, -0.2) is 16.1 Å². The van der Waals surface area contributed by atoms with E-state index in [1.807, 2.05) is 0 Å². The summed E-state index contributed by atoms with van der Waals surface area (Å²) in [4.78, 5) is 13.0. The second kappa shape index (κ2) is 9.33. The molecule has 3 aromatic carbocycles. The second-order valence-electron chi connectivity index (χ2n) is 6.86. The molecule has 0 aliphatic carbocycles. The summed E-state index contributed by atoms with van der Waals surface area (Å²) in [7, 11) is 0. The highest BCUT2D eigenvalue weighted by Gasteiger charge is 2.34. The molecule has 0 spiro atoms. The minimum Gasteiger partial charge on any atom is -0.476 e. The van der Waals surface area contributed by atoms with E-state index in [0.29, 0.717) is 22.8 Å². The molecular weight excluding hydrogens is 459 g/mol. The van der Waals surface area contributed by atoms with E-state index in [9.17, 15) is 18.0 Å². The zero-order valence-electron chi connectivity index (χ0n) is 16.7. The zero-order chi connectivity index (χ0) is 23.4. The molecule has 4 rings (SSSR count). The van der Waals surface area contributed by atoms with Crippen LogP contribution < -0.4 is 10.1 Å². The number of benzene rings is 3. The Morgan fingerprint density at radius 3 is 2.39 bits per heavy atom. The summed E-state index contributed by atoms with van der Waals surface area (Å²) in [6.07, 6.45) is -4.59. The van der Waals surface area contributed by atoms with Crippen molar-refractivity contribution in [2.24, 2.45) is 0 Å². The van der Waals surface area contributed by atoms with Gasteiger partial charge in [0.15, 0.2) is 0 Å². The molecule has 1 atom stereocenters. The first-order valence-corrected chi connectivity index (χ1v) is 9.95. The van der Waals surface area contributed by atoms with Gasteiger partial charge in [0.2, 0.25) is 18.4 Å². The zero-order valence-corrected chi connectivity index (χ0v) is 17.5. The fraction of sp³-hybridized carbons (Fsp3) is 0.0870. The molecule has 0 bridgehead atoms. The molecule has 0 fully saturated rings. The Bertz CT molecular complexity index is 1230. The number of anilines is 1. The van der Waals surface area contributed by atoms with Gasteiger partial charge in [-0.1, -0.05) is 41.9 Å². The lowest BCUT2D eigenvalue weighted by Gasteiger charge is -2.20. The molecule has 0 saturated heterocycles. The SMILES string of the molecule is O=C(Nc1ccc(Cl)c(C(F)(F)F)c1)C(Oc1ccc(-c2nnco2)cc1)c1ccccc1. The topological polar surface area (TPSA) is 77.2 Å². The van der Waals surface area contributed by atoms with E-state index in [1.165, 1.54) is 12.5 Å². The summed E-state index contributed by atoms with van der Waals surface area (Å²) >= 11 is 5.66. The van der Waals surface area contributed by atoms with Gasteiger partial charge in [0, 0.05) is 16.8 Å². The van der Waals surface area contributed by atoms with Crippen LogP contribution >= 0.6 is 11.6 Å². The van der Waals surface area contributed by atoms with E-state index in [4.69, 9.17) is 20.8 Å². The number of hydrogen-bond donors (Lipinski definition) is 1. The number of halogens is 4. The molecule has 0 aliphatic rings. The van der Waals surface area contributed by atoms with Gasteiger partial charge in [-0.05, 0) is 42.5 Å². The van der Waals surface area contributed by atoms with Crippen LogP contribution in [0.2, 0.25) is 5.02 Å². The van der Waals surface area contributed by atoms with Crippen LogP contribution in [0.15, 0.2) is 83.6 Å². The van der Waals surface area contributed by atoms with Gasteiger partial charge in [0.1, 0.15) is 5.75 Å². The first-order valence-electron chi connectivity index (χ1n) is 9.57. The molecule has 1 aromatic heterocycles. The van der Waals surface area contributed by atoms with Crippen molar-refractivity contribution in [3.8, 4) is 17.2 Å². The van der Waals surface area contributed by atoms with Crippen LogP contribution in [0.3, 0.4) is 0 Å². The van der Waals surface area contributed by atoms with Crippen molar-refractivity contribution in [3.63, 3.8) is 0 Å². The van der Waals surface area contributed by atoms with Crippen molar-refractivity contribution in [2.75, 3.05) is 5.32 Å². The van der Waals surface area contributed by atoms with Crippen LogP contribution in [0.5, 0.6) is 5.75 Å². The molecule has 1 N–H and O–H groups in total. The molecule has 0 radical (unpaired) electrons. The van der Waals surface area contributed by atoms with Gasteiger partial charge in [-0.15, -0.1) is 10.2 Å². The Hall–Kier alpha value is -3.85. The number of carbonyl (C=O) groups excluding carboxylic acids is 1. The third kappa shape index (κ3) is 5.32. The minimum atomic E-state index is -4.66. The summed E-state index contributed by atoms with van der Waals surface area (Å²) in [5.41, 5.74) is 0.0613. The molecule has 4 aromatic rings. The summed E-state index contributed by atoms with van der Waals surface area (Å²) < 4.78 is 50.6. The lowest BCUT2D eigenvalue weighted by molar-refractivity contribution is -0.137. The van der Waals surface area contributed by atoms with Gasteiger partial charge in [-0.3, -0.25) is 4.79 Å². The van der Waals surface area contributed by atoms with E-state index in [0.717, 1.165) is 12.1 Å². The maximum absolute atomic E-state index is 13.2. The highest BCUT2D eigenvalue weighted by atomic mass is 35.5. The van der Waals surface area contributed by atoms with E-state index < -0.39 is 28.8 Å². The number of nitrogens with zero attached hydrogens (tertiary/aromatic N) is 2. The number of aromatic nitrogens is 2. The van der Waals surface area contributed by atoms with E-state index in [2.05, 4.69) is 15.5 Å². The molecule has 6 nitrogen and oxygen atoms in total. The molecule has 1 unspecified atom stereocenters. The number of rotatable bonds is 6. The molecule has 0 saturated carbocycles. The van der Waals surface area contributed by atoms with Crippen molar-refractivity contribution in [2.45, 2.75) is 12.3 Å². The fourth-order valence-corrected chi connectivity index (χ4v) is 3.26. The van der Waals surface area contributed by atoms with Gasteiger partial charge in [0.25, 0.3) is 5.91 Å². The van der Waals surface area contributed by atoms with Gasteiger partial charge in [0.05, 0.1) is 10.6 Å². The summed E-state index contributed by atoms with van der Waals surface area (Å²) in [6.45, 7) is 0. The predicted octanol–water partition coefficient (Wildman–Crippen LogP) is 6.17. The van der Waals surface area contributed by atoms with Gasteiger partial charge in [-0.25, -0.2) is 0 Å². The Kier molecular flexibility index (Phi) is 6.32. The average molecular weight is 474 g/mol. The summed E-state index contributed by atoms with van der Waals surface area (Å²) in [6, 6.07) is 18.3. The third-order valence-corrected chi connectivity index (χ3v) is 4.92. The standard InChI is InChI=1S/C23H15ClF3N3O3/c24-19-11-8-16(12-18(19)23(25,26)27)29-21(31)20(14-4-2-1-3-5-14)33-17-9-6-15(7-10-17)22-30-28-13-32-22/h1-13,20H,(H,29,31). The highest BCUT2D eigenvalue weighted by molar-refractivity contribution is 6.31. The quantitative estimate of drug-likeness (QED) is 0.362. The number of alkyl halides is 3. The van der Waals surface area contributed by atoms with Crippen LogP contribution in [0.1, 0.15) is 17.2 Å². The second-order valence-corrected chi connectivity index (χ2v) is 7.27. The van der Waals surface area contributed by atoms with Crippen molar-refractivity contribution >= 4 is 23.2 Å². The Balaban J connectivity index is 1.58. The molecule has 1 heterocycles. The largest absolute Gasteiger partial charge is 0.476 e. The fourth-order valence-electron chi connectivity index (χ4n) is 3.04. The van der Waals surface area contributed by atoms with E-state index >= 15 is 0 Å². The van der Waals surface area contributed by atoms with Gasteiger partial charge >= 0.3 is 6.18 Å². The normalized spacial score (nSPS) is 12.2. The molecule has 10 heteroatoms. The number of ether oxygens (including phenoxy) is 1. The Morgan fingerprint density at radius 2 is 1.76 bits per heavy atom. The lowest BCUT2D eigenvalue weighted by Crippen LogP contribution is -2.26. The first-order chi connectivity index (χ1) is 15.8. The van der Waals surface area contributed by atoms with Crippen molar-refractivity contribution in [3.05, 3.63) is 95.3 Å². The Labute approximate surface area is 191 Å². The van der Waals surface area contributed by atoms with Crippen LogP contribution in [0.4, 0.5) is 18.9 Å². The van der Waals surface area contributed by atoms with Crippen molar-refractivity contribution in [1.29, 1.82) is 0 Å². The van der Waals surface area contributed by atoms with Gasteiger partial charge < -0.3 is 14.5 Å². The van der Waals surface area contributed by atoms with Gasteiger partial charge in [-0.2, -0.15) is 13.2 Å². The third-order valence-electron chi connectivity index (χ3n) is 4.59. The first kappa shape index (κ1) is 22.3. The number of amides is 1. The maximum Gasteiger partial charge on any atom is 0.417 e. The molecule has 33 heavy (non-hydrogen) atoms. The maximum atomic E-state index is 13.2. The van der Waals surface area contributed by atoms with Crippen molar-refractivity contribution in [1.82, 2.24) is 10.2 Å². The highest BCUT2D eigenvalue weighted by Crippen LogP contribution is 2.36. The van der Waals surface area contributed by atoms with Crippen LogP contribution in [0.25, 0.3) is 11.5 Å². The Morgan fingerprint density at radius 1 is 1.03 bits per heavy atom. The molecule has 1 amide bonds. The smallest absolute Gasteiger partial charge is 0.417 e. The number of carbonyl (C=O) groups is 1. The minimum absolute atomic E-state index is 0.0620. The van der Waals surface area contributed by atoms with Crippen LogP contribution in [-0.2, 0) is 11.0 Å². The van der Waals surface area contributed by atoms with E-state index in [-0.39, 0.29) is 5.69 Å². The summed E-state index contributed by atoms with van der Waals surface area (Å²) in [5.74, 6) is 0.0223. The van der Waals surface area contributed by atoms with Crippen LogP contribution in [0, 0.1) is 0 Å². The molecular formula is C23H15ClF3N3O3. The predicted molar refractivity (Wildman–Crippen MR) is 115 cm³/mol. The molecule has 168 valence electrons. The summed E-state index contributed by atoms with van der Waals surface area (Å²) in [5, 5.41) is 9.46. The lowest BCUT2D eigenvalue weighted by atomic mass is 10.1. The number of hydrogen-bond acceptors (Lipinski definition) is 5.